The molecule has 2 rings (SSSR count). The van der Waals surface area contributed by atoms with E-state index < -0.39 is 5.97 Å². The number of phenolic OH excluding ortho intramolecular Hbond substituents is 1. The van der Waals surface area contributed by atoms with Crippen molar-refractivity contribution < 1.29 is 15.0 Å². The van der Waals surface area contributed by atoms with Crippen LogP contribution in [0.3, 0.4) is 0 Å². The monoisotopic (exact) mass is 220 g/mol. The van der Waals surface area contributed by atoms with Gasteiger partial charge in [0.1, 0.15) is 5.75 Å². The van der Waals surface area contributed by atoms with Crippen molar-refractivity contribution in [2.75, 3.05) is 0 Å². The van der Waals surface area contributed by atoms with Gasteiger partial charge < -0.3 is 10.2 Å². The predicted octanol–water partition coefficient (Wildman–Crippen LogP) is 2.52. The molecule has 0 saturated heterocycles. The van der Waals surface area contributed by atoms with Crippen LogP contribution in [0.15, 0.2) is 18.2 Å². The van der Waals surface area contributed by atoms with E-state index >= 15 is 0 Å². The largest absolute Gasteiger partial charge is 0.508 e. The molecule has 0 bridgehead atoms. The van der Waals surface area contributed by atoms with Crippen molar-refractivity contribution in [2.45, 2.75) is 26.7 Å². The first-order valence-corrected chi connectivity index (χ1v) is 5.38. The first kappa shape index (κ1) is 11.0. The van der Waals surface area contributed by atoms with E-state index in [9.17, 15) is 9.90 Å². The first-order chi connectivity index (χ1) is 7.35. The molecule has 1 aliphatic carbocycles. The zero-order valence-electron chi connectivity index (χ0n) is 9.69. The van der Waals surface area contributed by atoms with Crippen LogP contribution in [-0.4, -0.2) is 16.2 Å². The summed E-state index contributed by atoms with van der Waals surface area (Å²) in [6.45, 7) is 5.80. The molecule has 0 radical (unpaired) electrons. The number of aryl methyl sites for hydroxylation is 1. The third-order valence-electron chi connectivity index (χ3n) is 3.61. The molecule has 0 spiro atoms. The highest BCUT2D eigenvalue weighted by Crippen LogP contribution is 2.65. The van der Waals surface area contributed by atoms with Gasteiger partial charge in [-0.15, -0.1) is 0 Å². The second-order valence-corrected chi connectivity index (χ2v) is 5.18. The second-order valence-electron chi connectivity index (χ2n) is 5.18. The molecule has 1 aromatic rings. The molecular weight excluding hydrogens is 204 g/mol. The van der Waals surface area contributed by atoms with E-state index in [1.54, 1.807) is 6.07 Å². The van der Waals surface area contributed by atoms with E-state index in [-0.39, 0.29) is 23.0 Å². The molecule has 0 amide bonds. The zero-order valence-corrected chi connectivity index (χ0v) is 9.69. The molecule has 3 heteroatoms. The Morgan fingerprint density at radius 1 is 1.38 bits per heavy atom. The summed E-state index contributed by atoms with van der Waals surface area (Å²) >= 11 is 0. The summed E-state index contributed by atoms with van der Waals surface area (Å²) in [4.78, 5) is 11.1. The van der Waals surface area contributed by atoms with Gasteiger partial charge in [-0.3, -0.25) is 4.79 Å². The molecule has 2 N–H and O–H groups in total. The van der Waals surface area contributed by atoms with Gasteiger partial charge in [0.25, 0.3) is 0 Å². The third kappa shape index (κ3) is 1.47. The zero-order chi connectivity index (χ0) is 12.1. The van der Waals surface area contributed by atoms with Crippen molar-refractivity contribution in [1.29, 1.82) is 0 Å². The fourth-order valence-electron chi connectivity index (χ4n) is 2.60. The second kappa shape index (κ2) is 3.24. The van der Waals surface area contributed by atoms with Gasteiger partial charge in [0.15, 0.2) is 0 Å². The van der Waals surface area contributed by atoms with Crippen LogP contribution in [0.4, 0.5) is 0 Å². The van der Waals surface area contributed by atoms with Crippen LogP contribution in [-0.2, 0) is 4.79 Å². The Bertz CT molecular complexity index is 448. The van der Waals surface area contributed by atoms with Crippen molar-refractivity contribution in [3.8, 4) is 5.75 Å². The normalized spacial score (nSPS) is 26.4. The minimum Gasteiger partial charge on any atom is -0.508 e. The lowest BCUT2D eigenvalue weighted by atomic mass is 10.0. The van der Waals surface area contributed by atoms with Crippen molar-refractivity contribution in [1.82, 2.24) is 0 Å². The van der Waals surface area contributed by atoms with Crippen LogP contribution in [0, 0.1) is 18.3 Å². The van der Waals surface area contributed by atoms with Gasteiger partial charge in [-0.1, -0.05) is 31.5 Å². The highest BCUT2D eigenvalue weighted by Gasteiger charge is 2.63. The molecule has 0 aliphatic heterocycles. The van der Waals surface area contributed by atoms with Crippen LogP contribution in [0.2, 0.25) is 0 Å². The maximum Gasteiger partial charge on any atom is 0.307 e. The van der Waals surface area contributed by atoms with Gasteiger partial charge in [0.2, 0.25) is 0 Å². The number of rotatable bonds is 2. The van der Waals surface area contributed by atoms with Crippen LogP contribution in [0.25, 0.3) is 0 Å². The molecule has 86 valence electrons. The highest BCUT2D eigenvalue weighted by atomic mass is 16.4. The predicted molar refractivity (Wildman–Crippen MR) is 60.5 cm³/mol. The summed E-state index contributed by atoms with van der Waals surface area (Å²) in [6.07, 6.45) is 0. The van der Waals surface area contributed by atoms with E-state index in [1.165, 1.54) is 0 Å². The van der Waals surface area contributed by atoms with Crippen molar-refractivity contribution in [3.05, 3.63) is 29.3 Å². The van der Waals surface area contributed by atoms with Gasteiger partial charge in [-0.05, 0) is 24.0 Å². The number of hydrogen-bond donors (Lipinski definition) is 2. The molecule has 16 heavy (non-hydrogen) atoms. The lowest BCUT2D eigenvalue weighted by Gasteiger charge is -2.06. The molecule has 3 nitrogen and oxygen atoms in total. The van der Waals surface area contributed by atoms with Gasteiger partial charge in [-0.25, -0.2) is 0 Å². The van der Waals surface area contributed by atoms with Crippen molar-refractivity contribution in [2.24, 2.45) is 11.3 Å². The summed E-state index contributed by atoms with van der Waals surface area (Å²) < 4.78 is 0. The van der Waals surface area contributed by atoms with Gasteiger partial charge in [-0.2, -0.15) is 0 Å². The summed E-state index contributed by atoms with van der Waals surface area (Å²) in [6, 6.07) is 5.34. The quantitative estimate of drug-likeness (QED) is 0.805. The molecule has 2 atom stereocenters. The number of carbonyl (C=O) groups is 1. The van der Waals surface area contributed by atoms with Crippen molar-refractivity contribution >= 4 is 5.97 Å². The van der Waals surface area contributed by atoms with Crippen LogP contribution < -0.4 is 0 Å². The molecule has 1 aromatic carbocycles. The molecule has 1 fully saturated rings. The lowest BCUT2D eigenvalue weighted by molar-refractivity contribution is -0.139. The Morgan fingerprint density at radius 2 is 2.00 bits per heavy atom. The van der Waals surface area contributed by atoms with Gasteiger partial charge >= 0.3 is 5.97 Å². The Hall–Kier alpha value is -1.51. The fourth-order valence-corrected chi connectivity index (χ4v) is 2.60. The Kier molecular flexibility index (Phi) is 2.22. The molecule has 0 aromatic heterocycles. The fraction of sp³-hybridized carbons (Fsp3) is 0.462. The SMILES string of the molecule is Cc1ccc(O)c([C@@H]2[C@@H](C(=O)O)C2(C)C)c1. The summed E-state index contributed by atoms with van der Waals surface area (Å²) in [5, 5.41) is 18.9. The average molecular weight is 220 g/mol. The maximum atomic E-state index is 11.1. The smallest absolute Gasteiger partial charge is 0.307 e. The standard InChI is InChI=1S/C13H16O3/c1-7-4-5-9(14)8(6-7)10-11(12(15)16)13(10,2)3/h4-6,10-11,14H,1-3H3,(H,15,16)/t10-,11+/m1/s1. The number of benzene rings is 1. The molecular formula is C13H16O3. The Morgan fingerprint density at radius 3 is 2.50 bits per heavy atom. The molecule has 0 heterocycles. The van der Waals surface area contributed by atoms with E-state index in [2.05, 4.69) is 0 Å². The highest BCUT2D eigenvalue weighted by molar-refractivity contribution is 5.78. The van der Waals surface area contributed by atoms with E-state index in [4.69, 9.17) is 5.11 Å². The van der Waals surface area contributed by atoms with Crippen LogP contribution in [0.1, 0.15) is 30.9 Å². The number of carboxylic acids is 1. The van der Waals surface area contributed by atoms with E-state index in [0.717, 1.165) is 11.1 Å². The minimum atomic E-state index is -0.782. The molecule has 1 aliphatic rings. The number of aliphatic carboxylic acids is 1. The maximum absolute atomic E-state index is 11.1. The van der Waals surface area contributed by atoms with Gasteiger partial charge in [0.05, 0.1) is 5.92 Å². The Balaban J connectivity index is 2.40. The van der Waals surface area contributed by atoms with Gasteiger partial charge in [0, 0.05) is 5.92 Å². The Labute approximate surface area is 94.7 Å². The first-order valence-electron chi connectivity index (χ1n) is 5.38. The summed E-state index contributed by atoms with van der Waals surface area (Å²) in [5.41, 5.74) is 1.54. The average Bonchev–Trinajstić information content (AvgIpc) is 2.73. The van der Waals surface area contributed by atoms with Crippen molar-refractivity contribution in [3.63, 3.8) is 0 Å². The van der Waals surface area contributed by atoms with Crippen LogP contribution in [0.5, 0.6) is 5.75 Å². The van der Waals surface area contributed by atoms with E-state index in [0.29, 0.717) is 0 Å². The third-order valence-corrected chi connectivity index (χ3v) is 3.61. The molecule has 1 saturated carbocycles. The van der Waals surface area contributed by atoms with Crippen LogP contribution >= 0.6 is 0 Å². The summed E-state index contributed by atoms with van der Waals surface area (Å²) in [7, 11) is 0. The topological polar surface area (TPSA) is 57.5 Å². The number of aromatic hydroxyl groups is 1. The minimum absolute atomic E-state index is 0.0788. The molecule has 0 unspecified atom stereocenters. The summed E-state index contributed by atoms with van der Waals surface area (Å²) in [5.74, 6) is -1.05. The number of carboxylic acid groups (broad SMARTS) is 1. The lowest BCUT2D eigenvalue weighted by Crippen LogP contribution is -2.03. The van der Waals surface area contributed by atoms with E-state index in [1.807, 2.05) is 32.9 Å². The number of hydrogen-bond acceptors (Lipinski definition) is 2. The number of phenols is 1.